The summed E-state index contributed by atoms with van der Waals surface area (Å²) in [5.74, 6) is -0.833. The van der Waals surface area contributed by atoms with Gasteiger partial charge in [0.05, 0.1) is 0 Å². The van der Waals surface area contributed by atoms with Gasteiger partial charge in [0.1, 0.15) is 0 Å². The molecule has 0 aliphatic rings. The lowest BCUT2D eigenvalue weighted by Crippen LogP contribution is -1.83. The van der Waals surface area contributed by atoms with Crippen molar-refractivity contribution < 1.29 is 15.0 Å². The molecule has 0 aliphatic heterocycles. The molecule has 0 radical (unpaired) electrons. The normalized spacial score (nSPS) is 10.3. The third kappa shape index (κ3) is 31.7. The van der Waals surface area contributed by atoms with Crippen molar-refractivity contribution in [1.29, 1.82) is 0 Å². The summed E-state index contributed by atoms with van der Waals surface area (Å²) in [5, 5.41) is 16.0. The summed E-state index contributed by atoms with van der Waals surface area (Å²) >= 11 is 0. The number of carbonyl (C=O) groups is 1. The summed E-state index contributed by atoms with van der Waals surface area (Å²) in [5.41, 5.74) is 0. The van der Waals surface area contributed by atoms with Crippen LogP contribution in [0, 0.1) is 0 Å². The van der Waals surface area contributed by atoms with Crippen LogP contribution in [0.4, 0.5) is 0 Å². The van der Waals surface area contributed by atoms with E-state index in [1.807, 2.05) is 0 Å². The van der Waals surface area contributed by atoms with Gasteiger partial charge in [-0.15, -0.1) is 0 Å². The third-order valence-electron chi connectivity index (χ3n) is 2.67. The Hall–Kier alpha value is -0.830. The van der Waals surface area contributed by atoms with Crippen LogP contribution >= 0.6 is 0 Å². The lowest BCUT2D eigenvalue weighted by molar-refractivity contribution is -0.134. The largest absolute Gasteiger partial charge is 0.481 e. The second-order valence-corrected chi connectivity index (χ2v) is 4.77. The van der Waals surface area contributed by atoms with Crippen LogP contribution in [0.15, 0.2) is 12.2 Å². The summed E-state index contributed by atoms with van der Waals surface area (Å²) in [6.07, 6.45) is 17.3. The average molecular weight is 272 g/mol. The predicted molar refractivity (Wildman–Crippen MR) is 81.4 cm³/mol. The van der Waals surface area contributed by atoms with Crippen LogP contribution < -0.4 is 0 Å². The number of carboxylic acids is 1. The van der Waals surface area contributed by atoms with Crippen LogP contribution in [0.1, 0.15) is 78.1 Å². The SMILES string of the molecule is CC(=O)O.CCCCC=CCCCCCCCCO. The number of hydrogen-bond acceptors (Lipinski definition) is 2. The Bertz CT molecular complexity index is 196. The highest BCUT2D eigenvalue weighted by Gasteiger charge is 1.89. The minimum absolute atomic E-state index is 0.361. The first-order valence-electron chi connectivity index (χ1n) is 7.60. The number of hydrogen-bond donors (Lipinski definition) is 2. The molecule has 0 aliphatic carbocycles. The van der Waals surface area contributed by atoms with E-state index in [2.05, 4.69) is 19.1 Å². The van der Waals surface area contributed by atoms with Gasteiger partial charge in [0.25, 0.3) is 5.97 Å². The van der Waals surface area contributed by atoms with E-state index in [4.69, 9.17) is 15.0 Å². The van der Waals surface area contributed by atoms with E-state index in [1.54, 1.807) is 0 Å². The van der Waals surface area contributed by atoms with Gasteiger partial charge >= 0.3 is 0 Å². The molecule has 0 spiro atoms. The highest BCUT2D eigenvalue weighted by Crippen LogP contribution is 2.07. The van der Waals surface area contributed by atoms with E-state index in [0.29, 0.717) is 6.61 Å². The highest BCUT2D eigenvalue weighted by atomic mass is 16.4. The number of unbranched alkanes of at least 4 members (excludes halogenated alkanes) is 8. The van der Waals surface area contributed by atoms with Gasteiger partial charge in [-0.05, 0) is 25.7 Å². The Morgan fingerprint density at radius 1 is 0.895 bits per heavy atom. The summed E-state index contributed by atoms with van der Waals surface area (Å²) in [6, 6.07) is 0. The second kappa shape index (κ2) is 19.5. The summed E-state index contributed by atoms with van der Waals surface area (Å²) < 4.78 is 0. The lowest BCUT2D eigenvalue weighted by Gasteiger charge is -1.98. The molecule has 0 aromatic rings. The van der Waals surface area contributed by atoms with E-state index in [-0.39, 0.29) is 0 Å². The van der Waals surface area contributed by atoms with Crippen molar-refractivity contribution in [3.8, 4) is 0 Å². The molecule has 0 saturated carbocycles. The van der Waals surface area contributed by atoms with Crippen LogP contribution in [-0.4, -0.2) is 22.8 Å². The van der Waals surface area contributed by atoms with Gasteiger partial charge in [0, 0.05) is 13.5 Å². The number of carboxylic acid groups (broad SMARTS) is 1. The van der Waals surface area contributed by atoms with E-state index in [1.165, 1.54) is 57.8 Å². The van der Waals surface area contributed by atoms with Crippen LogP contribution in [0.2, 0.25) is 0 Å². The molecular weight excluding hydrogens is 240 g/mol. The zero-order valence-corrected chi connectivity index (χ0v) is 12.7. The first-order chi connectivity index (χ1) is 9.15. The average Bonchev–Trinajstić information content (AvgIpc) is 2.35. The van der Waals surface area contributed by atoms with Gasteiger partial charge in [-0.25, -0.2) is 0 Å². The minimum Gasteiger partial charge on any atom is -0.481 e. The fourth-order valence-electron chi connectivity index (χ4n) is 1.64. The van der Waals surface area contributed by atoms with Gasteiger partial charge in [-0.2, -0.15) is 0 Å². The summed E-state index contributed by atoms with van der Waals surface area (Å²) in [7, 11) is 0. The molecule has 0 saturated heterocycles. The fraction of sp³-hybridized carbons (Fsp3) is 0.812. The van der Waals surface area contributed by atoms with Crippen molar-refractivity contribution in [3.63, 3.8) is 0 Å². The molecule has 0 fully saturated rings. The van der Waals surface area contributed by atoms with E-state index in [9.17, 15) is 0 Å². The van der Waals surface area contributed by atoms with Gasteiger partial charge in [0.2, 0.25) is 0 Å². The molecule has 0 unspecified atom stereocenters. The number of aliphatic hydroxyl groups is 1. The first kappa shape index (κ1) is 20.5. The second-order valence-electron chi connectivity index (χ2n) is 4.77. The van der Waals surface area contributed by atoms with Crippen molar-refractivity contribution in [1.82, 2.24) is 0 Å². The maximum atomic E-state index is 9.00. The fourth-order valence-corrected chi connectivity index (χ4v) is 1.64. The van der Waals surface area contributed by atoms with Crippen molar-refractivity contribution in [3.05, 3.63) is 12.2 Å². The number of aliphatic hydroxyl groups excluding tert-OH is 1. The molecule has 3 nitrogen and oxygen atoms in total. The number of rotatable bonds is 11. The molecule has 0 amide bonds. The predicted octanol–water partition coefficient (Wildman–Crippen LogP) is 4.55. The minimum atomic E-state index is -0.833. The third-order valence-corrected chi connectivity index (χ3v) is 2.67. The van der Waals surface area contributed by atoms with Gasteiger partial charge in [-0.1, -0.05) is 57.6 Å². The molecule has 0 aromatic carbocycles. The molecule has 0 atom stereocenters. The molecule has 0 rings (SSSR count). The van der Waals surface area contributed by atoms with Gasteiger partial charge < -0.3 is 10.2 Å². The molecule has 0 bridgehead atoms. The molecular formula is C16H32O3. The molecule has 3 heteroatoms. The molecule has 0 aromatic heterocycles. The van der Waals surface area contributed by atoms with Crippen LogP contribution in [0.3, 0.4) is 0 Å². The Morgan fingerprint density at radius 3 is 1.79 bits per heavy atom. The topological polar surface area (TPSA) is 57.5 Å². The van der Waals surface area contributed by atoms with E-state index < -0.39 is 5.97 Å². The number of allylic oxidation sites excluding steroid dienone is 2. The summed E-state index contributed by atoms with van der Waals surface area (Å²) in [6.45, 7) is 3.68. The Labute approximate surface area is 118 Å². The van der Waals surface area contributed by atoms with Crippen molar-refractivity contribution in [2.45, 2.75) is 78.1 Å². The van der Waals surface area contributed by atoms with Crippen molar-refractivity contribution in [2.75, 3.05) is 6.61 Å². The monoisotopic (exact) mass is 272 g/mol. The zero-order chi connectivity index (χ0) is 14.8. The van der Waals surface area contributed by atoms with Gasteiger partial charge in [-0.3, -0.25) is 4.79 Å². The van der Waals surface area contributed by atoms with Crippen LogP contribution in [0.5, 0.6) is 0 Å². The lowest BCUT2D eigenvalue weighted by atomic mass is 10.1. The smallest absolute Gasteiger partial charge is 0.300 e. The summed E-state index contributed by atoms with van der Waals surface area (Å²) in [4.78, 5) is 9.00. The molecule has 19 heavy (non-hydrogen) atoms. The highest BCUT2D eigenvalue weighted by molar-refractivity contribution is 5.62. The van der Waals surface area contributed by atoms with E-state index in [0.717, 1.165) is 13.3 Å². The van der Waals surface area contributed by atoms with E-state index >= 15 is 0 Å². The van der Waals surface area contributed by atoms with Crippen molar-refractivity contribution in [2.24, 2.45) is 0 Å². The molecule has 0 heterocycles. The Balaban J connectivity index is 0. The molecule has 2 N–H and O–H groups in total. The Morgan fingerprint density at radius 2 is 1.32 bits per heavy atom. The Kier molecular flexibility index (Phi) is 21.0. The molecule has 114 valence electrons. The standard InChI is InChI=1S/C14H28O.C2H4O2/c1-2-3-4-5-6-7-8-9-10-11-12-13-14-15;1-2(3)4/h5-6,15H,2-4,7-14H2,1H3;1H3,(H,3,4). The van der Waals surface area contributed by atoms with Crippen LogP contribution in [-0.2, 0) is 4.79 Å². The van der Waals surface area contributed by atoms with Crippen molar-refractivity contribution >= 4 is 5.97 Å². The van der Waals surface area contributed by atoms with Gasteiger partial charge in [0.15, 0.2) is 0 Å². The zero-order valence-electron chi connectivity index (χ0n) is 12.7. The quantitative estimate of drug-likeness (QED) is 0.428. The maximum Gasteiger partial charge on any atom is 0.300 e. The maximum absolute atomic E-state index is 9.00. The first-order valence-corrected chi connectivity index (χ1v) is 7.60. The number of aliphatic carboxylic acids is 1. The van der Waals surface area contributed by atoms with Crippen LogP contribution in [0.25, 0.3) is 0 Å².